The number of halogens is 1. The Morgan fingerprint density at radius 1 is 1.09 bits per heavy atom. The molecule has 2 aromatic carbocycles. The summed E-state index contributed by atoms with van der Waals surface area (Å²) in [6.45, 7) is 5.93. The lowest BCUT2D eigenvalue weighted by Crippen LogP contribution is -2.23. The predicted molar refractivity (Wildman–Crippen MR) is 95.8 cm³/mol. The summed E-state index contributed by atoms with van der Waals surface area (Å²) in [5.74, 6) is -0.418. The Bertz CT molecular complexity index is 739. The zero-order valence-electron chi connectivity index (χ0n) is 12.7. The Labute approximate surface area is 143 Å². The molecule has 0 unspecified atom stereocenters. The lowest BCUT2D eigenvalue weighted by atomic mass is 10.1. The van der Waals surface area contributed by atoms with Gasteiger partial charge >= 0.3 is 0 Å². The molecule has 23 heavy (non-hydrogen) atoms. The minimum atomic E-state index is -0.223. The SMILES string of the molecule is C=CCNC(=O)c1ccc(C(=O)Nc2ccc(C)c(Br)c2)cc1. The van der Waals surface area contributed by atoms with E-state index < -0.39 is 0 Å². The first-order chi connectivity index (χ1) is 11.0. The Balaban J connectivity index is 2.06. The van der Waals surface area contributed by atoms with Gasteiger partial charge in [-0.3, -0.25) is 9.59 Å². The molecule has 0 spiro atoms. The summed E-state index contributed by atoms with van der Waals surface area (Å²) < 4.78 is 0.935. The molecule has 2 amide bonds. The van der Waals surface area contributed by atoms with E-state index >= 15 is 0 Å². The minimum absolute atomic E-state index is 0.195. The molecule has 0 aliphatic heterocycles. The molecule has 2 N–H and O–H groups in total. The second-order valence-corrected chi connectivity index (χ2v) is 5.85. The third kappa shape index (κ3) is 4.53. The molecule has 0 aliphatic rings. The van der Waals surface area contributed by atoms with Gasteiger partial charge in [0, 0.05) is 27.8 Å². The molecule has 5 heteroatoms. The second kappa shape index (κ2) is 7.74. The third-order valence-corrected chi connectivity index (χ3v) is 4.10. The van der Waals surface area contributed by atoms with Crippen LogP contribution in [0, 0.1) is 6.92 Å². The molecule has 0 saturated heterocycles. The summed E-state index contributed by atoms with van der Waals surface area (Å²) in [6.07, 6.45) is 1.61. The smallest absolute Gasteiger partial charge is 0.255 e. The van der Waals surface area contributed by atoms with E-state index in [1.807, 2.05) is 25.1 Å². The van der Waals surface area contributed by atoms with E-state index in [2.05, 4.69) is 33.1 Å². The highest BCUT2D eigenvalue weighted by Gasteiger charge is 2.09. The van der Waals surface area contributed by atoms with Crippen LogP contribution in [0.1, 0.15) is 26.3 Å². The standard InChI is InChI=1S/C18H17BrN2O2/c1-3-10-20-17(22)13-5-7-14(8-6-13)18(23)21-15-9-4-12(2)16(19)11-15/h3-9,11H,1,10H2,2H3,(H,20,22)(H,21,23). The first-order valence-corrected chi connectivity index (χ1v) is 7.87. The molecule has 0 bridgehead atoms. The normalized spacial score (nSPS) is 10.0. The number of hydrogen-bond donors (Lipinski definition) is 2. The van der Waals surface area contributed by atoms with Crippen molar-refractivity contribution in [2.75, 3.05) is 11.9 Å². The van der Waals surface area contributed by atoms with Gasteiger partial charge in [0.2, 0.25) is 0 Å². The van der Waals surface area contributed by atoms with Crippen LogP contribution in [-0.2, 0) is 0 Å². The summed E-state index contributed by atoms with van der Waals surface area (Å²) in [4.78, 5) is 24.0. The topological polar surface area (TPSA) is 58.2 Å². The number of nitrogens with one attached hydrogen (secondary N) is 2. The number of carbonyl (C=O) groups is 2. The van der Waals surface area contributed by atoms with Gasteiger partial charge in [0.05, 0.1) is 0 Å². The van der Waals surface area contributed by atoms with E-state index in [0.29, 0.717) is 23.4 Å². The van der Waals surface area contributed by atoms with Gasteiger partial charge in [0.25, 0.3) is 11.8 Å². The molecule has 118 valence electrons. The van der Waals surface area contributed by atoms with E-state index in [9.17, 15) is 9.59 Å². The van der Waals surface area contributed by atoms with Gasteiger partial charge in [-0.05, 0) is 48.9 Å². The van der Waals surface area contributed by atoms with E-state index in [-0.39, 0.29) is 11.8 Å². The molecule has 2 aromatic rings. The largest absolute Gasteiger partial charge is 0.349 e. The van der Waals surface area contributed by atoms with Crippen molar-refractivity contribution in [2.45, 2.75) is 6.92 Å². The van der Waals surface area contributed by atoms with Crippen molar-refractivity contribution in [1.82, 2.24) is 5.32 Å². The Morgan fingerprint density at radius 3 is 2.26 bits per heavy atom. The van der Waals surface area contributed by atoms with Crippen molar-refractivity contribution in [1.29, 1.82) is 0 Å². The van der Waals surface area contributed by atoms with Crippen LogP contribution in [0.15, 0.2) is 59.6 Å². The number of aryl methyl sites for hydroxylation is 1. The highest BCUT2D eigenvalue weighted by molar-refractivity contribution is 9.10. The molecule has 0 radical (unpaired) electrons. The molecule has 0 atom stereocenters. The average molecular weight is 373 g/mol. The summed E-state index contributed by atoms with van der Waals surface area (Å²) >= 11 is 3.44. The fraction of sp³-hybridized carbons (Fsp3) is 0.111. The lowest BCUT2D eigenvalue weighted by molar-refractivity contribution is 0.0956. The van der Waals surface area contributed by atoms with Crippen molar-refractivity contribution in [3.8, 4) is 0 Å². The van der Waals surface area contributed by atoms with Gasteiger partial charge in [-0.25, -0.2) is 0 Å². The number of amides is 2. The van der Waals surface area contributed by atoms with Crippen LogP contribution in [0.4, 0.5) is 5.69 Å². The highest BCUT2D eigenvalue weighted by atomic mass is 79.9. The van der Waals surface area contributed by atoms with Crippen LogP contribution in [0.5, 0.6) is 0 Å². The van der Waals surface area contributed by atoms with Crippen LogP contribution in [0.3, 0.4) is 0 Å². The van der Waals surface area contributed by atoms with E-state index in [4.69, 9.17) is 0 Å². The molecular formula is C18H17BrN2O2. The van der Waals surface area contributed by atoms with Crippen molar-refractivity contribution in [3.05, 3.63) is 76.3 Å². The number of rotatable bonds is 5. The van der Waals surface area contributed by atoms with E-state index in [1.165, 1.54) is 0 Å². The molecule has 0 fully saturated rings. The molecular weight excluding hydrogens is 356 g/mol. The van der Waals surface area contributed by atoms with E-state index in [0.717, 1.165) is 10.0 Å². The number of carbonyl (C=O) groups excluding carboxylic acids is 2. The first kappa shape index (κ1) is 17.0. The van der Waals surface area contributed by atoms with Crippen molar-refractivity contribution in [2.24, 2.45) is 0 Å². The summed E-state index contributed by atoms with van der Waals surface area (Å²) in [5.41, 5.74) is 2.79. The van der Waals surface area contributed by atoms with Crippen molar-refractivity contribution in [3.63, 3.8) is 0 Å². The maximum atomic E-state index is 12.2. The van der Waals surface area contributed by atoms with Gasteiger partial charge in [-0.2, -0.15) is 0 Å². The third-order valence-electron chi connectivity index (χ3n) is 3.25. The van der Waals surface area contributed by atoms with Crippen molar-refractivity contribution < 1.29 is 9.59 Å². The Hall–Kier alpha value is -2.40. The van der Waals surface area contributed by atoms with Gasteiger partial charge in [0.1, 0.15) is 0 Å². The summed E-state index contributed by atoms with van der Waals surface area (Å²) in [7, 11) is 0. The van der Waals surface area contributed by atoms with Crippen LogP contribution < -0.4 is 10.6 Å². The van der Waals surface area contributed by atoms with E-state index in [1.54, 1.807) is 30.3 Å². The lowest BCUT2D eigenvalue weighted by Gasteiger charge is -2.08. The number of hydrogen-bond acceptors (Lipinski definition) is 2. The second-order valence-electron chi connectivity index (χ2n) is 4.99. The average Bonchev–Trinajstić information content (AvgIpc) is 2.56. The number of anilines is 1. The quantitative estimate of drug-likeness (QED) is 0.781. The minimum Gasteiger partial charge on any atom is -0.349 e. The van der Waals surface area contributed by atoms with Gasteiger partial charge < -0.3 is 10.6 Å². The Morgan fingerprint density at radius 2 is 1.70 bits per heavy atom. The zero-order chi connectivity index (χ0) is 16.8. The molecule has 2 rings (SSSR count). The highest BCUT2D eigenvalue weighted by Crippen LogP contribution is 2.21. The molecule has 0 aromatic heterocycles. The summed E-state index contributed by atoms with van der Waals surface area (Å²) in [6, 6.07) is 12.1. The van der Waals surface area contributed by atoms with Crippen LogP contribution >= 0.6 is 15.9 Å². The van der Waals surface area contributed by atoms with Crippen LogP contribution in [0.2, 0.25) is 0 Å². The zero-order valence-corrected chi connectivity index (χ0v) is 14.3. The molecule has 4 nitrogen and oxygen atoms in total. The van der Waals surface area contributed by atoms with Gasteiger partial charge in [-0.15, -0.1) is 6.58 Å². The monoisotopic (exact) mass is 372 g/mol. The summed E-state index contributed by atoms with van der Waals surface area (Å²) in [5, 5.41) is 5.51. The van der Waals surface area contributed by atoms with Crippen molar-refractivity contribution >= 4 is 33.4 Å². The first-order valence-electron chi connectivity index (χ1n) is 7.08. The van der Waals surface area contributed by atoms with Crippen LogP contribution in [-0.4, -0.2) is 18.4 Å². The molecule has 0 saturated carbocycles. The maximum Gasteiger partial charge on any atom is 0.255 e. The fourth-order valence-corrected chi connectivity index (χ4v) is 2.29. The van der Waals surface area contributed by atoms with Gasteiger partial charge in [-0.1, -0.05) is 28.1 Å². The predicted octanol–water partition coefficient (Wildman–Crippen LogP) is 3.93. The fourth-order valence-electron chi connectivity index (χ4n) is 1.91. The Kier molecular flexibility index (Phi) is 5.71. The number of benzene rings is 2. The van der Waals surface area contributed by atoms with Gasteiger partial charge in [0.15, 0.2) is 0 Å². The molecule has 0 aliphatic carbocycles. The maximum absolute atomic E-state index is 12.2. The molecule has 0 heterocycles. The van der Waals surface area contributed by atoms with Crippen LogP contribution in [0.25, 0.3) is 0 Å².